The van der Waals surface area contributed by atoms with E-state index in [9.17, 15) is 13.2 Å². The van der Waals surface area contributed by atoms with Crippen LogP contribution in [-0.4, -0.2) is 7.11 Å². The Bertz CT molecular complexity index is 638. The lowest BCUT2D eigenvalue weighted by Crippen LogP contribution is -2.06. The van der Waals surface area contributed by atoms with Crippen molar-refractivity contribution in [3.05, 3.63) is 64.7 Å². The van der Waals surface area contributed by atoms with Gasteiger partial charge < -0.3 is 4.74 Å². The van der Waals surface area contributed by atoms with Crippen LogP contribution in [0.2, 0.25) is 0 Å². The van der Waals surface area contributed by atoms with Gasteiger partial charge in [0.15, 0.2) is 0 Å². The van der Waals surface area contributed by atoms with Crippen LogP contribution in [0.3, 0.4) is 0 Å². The Morgan fingerprint density at radius 1 is 1.05 bits per heavy atom. The fourth-order valence-electron chi connectivity index (χ4n) is 2.12. The van der Waals surface area contributed by atoms with Crippen molar-refractivity contribution in [2.45, 2.75) is 18.5 Å². The topological polar surface area (TPSA) is 9.23 Å². The third kappa shape index (κ3) is 3.50. The molecule has 112 valence electrons. The van der Waals surface area contributed by atoms with Gasteiger partial charge in [0.2, 0.25) is 0 Å². The van der Waals surface area contributed by atoms with Gasteiger partial charge >= 0.3 is 6.18 Å². The standard InChI is InChI=1S/C16H14ClF3O/c1-10-8-12(6-7-14(10)21-2)15(17)11-4-3-5-13(9-11)16(18,19)20/h3-9,15H,1-2H3. The first-order valence-electron chi connectivity index (χ1n) is 6.28. The van der Waals surface area contributed by atoms with E-state index in [2.05, 4.69) is 0 Å². The summed E-state index contributed by atoms with van der Waals surface area (Å²) in [5.41, 5.74) is 1.33. The molecule has 0 saturated heterocycles. The molecule has 1 nitrogen and oxygen atoms in total. The van der Waals surface area contributed by atoms with Crippen LogP contribution in [0, 0.1) is 6.92 Å². The molecule has 0 aliphatic heterocycles. The molecule has 1 atom stereocenters. The molecule has 1 unspecified atom stereocenters. The van der Waals surface area contributed by atoms with Crippen LogP contribution in [0.1, 0.15) is 27.6 Å². The second-order valence-corrected chi connectivity index (χ2v) is 5.15. The fourth-order valence-corrected chi connectivity index (χ4v) is 2.40. The average molecular weight is 315 g/mol. The second kappa shape index (κ2) is 5.98. The minimum absolute atomic E-state index is 0.413. The van der Waals surface area contributed by atoms with Crippen molar-refractivity contribution in [1.82, 2.24) is 0 Å². The van der Waals surface area contributed by atoms with Gasteiger partial charge in [-0.25, -0.2) is 0 Å². The van der Waals surface area contributed by atoms with Gasteiger partial charge in [0, 0.05) is 0 Å². The number of hydrogen-bond donors (Lipinski definition) is 0. The quantitative estimate of drug-likeness (QED) is 0.694. The first kappa shape index (κ1) is 15.7. The Hall–Kier alpha value is -1.68. The molecule has 21 heavy (non-hydrogen) atoms. The van der Waals surface area contributed by atoms with E-state index in [1.807, 2.05) is 13.0 Å². The summed E-state index contributed by atoms with van der Waals surface area (Å²) < 4.78 is 43.4. The monoisotopic (exact) mass is 314 g/mol. The Morgan fingerprint density at radius 3 is 2.29 bits per heavy atom. The number of halogens is 4. The van der Waals surface area contributed by atoms with E-state index in [4.69, 9.17) is 16.3 Å². The predicted octanol–water partition coefficient (Wildman–Crippen LogP) is 5.35. The van der Waals surface area contributed by atoms with Gasteiger partial charge in [-0.3, -0.25) is 0 Å². The lowest BCUT2D eigenvalue weighted by Gasteiger charge is -2.15. The van der Waals surface area contributed by atoms with Crippen LogP contribution < -0.4 is 4.74 Å². The van der Waals surface area contributed by atoms with Gasteiger partial charge in [-0.05, 0) is 41.8 Å². The van der Waals surface area contributed by atoms with Gasteiger partial charge in [0.25, 0.3) is 0 Å². The second-order valence-electron chi connectivity index (χ2n) is 4.71. The summed E-state index contributed by atoms with van der Waals surface area (Å²) in [5, 5.41) is -0.642. The Kier molecular flexibility index (Phi) is 4.47. The third-order valence-electron chi connectivity index (χ3n) is 3.22. The number of hydrogen-bond acceptors (Lipinski definition) is 1. The molecule has 0 amide bonds. The molecule has 2 rings (SSSR count). The van der Waals surface area contributed by atoms with E-state index >= 15 is 0 Å². The Labute approximate surface area is 126 Å². The molecule has 0 heterocycles. The van der Waals surface area contributed by atoms with E-state index in [0.29, 0.717) is 11.3 Å². The van der Waals surface area contributed by atoms with Crippen molar-refractivity contribution in [2.75, 3.05) is 7.11 Å². The van der Waals surface area contributed by atoms with E-state index in [1.165, 1.54) is 6.07 Å². The highest BCUT2D eigenvalue weighted by molar-refractivity contribution is 6.22. The van der Waals surface area contributed by atoms with Crippen LogP contribution in [0.5, 0.6) is 5.75 Å². The number of rotatable bonds is 3. The highest BCUT2D eigenvalue weighted by Crippen LogP contribution is 2.35. The first-order chi connectivity index (χ1) is 9.82. The highest BCUT2D eigenvalue weighted by Gasteiger charge is 2.31. The predicted molar refractivity (Wildman–Crippen MR) is 76.9 cm³/mol. The van der Waals surface area contributed by atoms with Gasteiger partial charge in [0.1, 0.15) is 5.75 Å². The summed E-state index contributed by atoms with van der Waals surface area (Å²) in [4.78, 5) is 0. The molecule has 0 spiro atoms. The van der Waals surface area contributed by atoms with Gasteiger partial charge in [-0.1, -0.05) is 24.3 Å². The summed E-state index contributed by atoms with van der Waals surface area (Å²) in [7, 11) is 1.56. The number of ether oxygens (including phenoxy) is 1. The van der Waals surface area contributed by atoms with Crippen LogP contribution in [0.4, 0.5) is 13.2 Å². The third-order valence-corrected chi connectivity index (χ3v) is 3.72. The summed E-state index contributed by atoms with van der Waals surface area (Å²) in [6, 6.07) is 10.4. The summed E-state index contributed by atoms with van der Waals surface area (Å²) in [6.07, 6.45) is -4.37. The van der Waals surface area contributed by atoms with E-state index in [0.717, 1.165) is 23.3 Å². The summed E-state index contributed by atoms with van der Waals surface area (Å²) >= 11 is 6.31. The highest BCUT2D eigenvalue weighted by atomic mass is 35.5. The molecule has 0 fully saturated rings. The molecule has 2 aromatic carbocycles. The molecule has 0 N–H and O–H groups in total. The molecule has 2 aromatic rings. The van der Waals surface area contributed by atoms with Gasteiger partial charge in [-0.15, -0.1) is 11.6 Å². The maximum atomic E-state index is 12.7. The zero-order valence-electron chi connectivity index (χ0n) is 11.5. The molecule has 0 aromatic heterocycles. The number of benzene rings is 2. The molecule has 0 saturated carbocycles. The van der Waals surface area contributed by atoms with E-state index in [-0.39, 0.29) is 0 Å². The molecule has 0 aliphatic rings. The van der Waals surface area contributed by atoms with Crippen molar-refractivity contribution in [3.8, 4) is 5.75 Å². The summed E-state index contributed by atoms with van der Waals surface area (Å²) in [5.74, 6) is 0.714. The fraction of sp³-hybridized carbons (Fsp3) is 0.250. The summed E-state index contributed by atoms with van der Waals surface area (Å²) in [6.45, 7) is 1.86. The SMILES string of the molecule is COc1ccc(C(Cl)c2cccc(C(F)(F)F)c2)cc1C. The lowest BCUT2D eigenvalue weighted by atomic mass is 10.0. The van der Waals surface area contributed by atoms with Crippen LogP contribution in [0.15, 0.2) is 42.5 Å². The number of aryl methyl sites for hydroxylation is 1. The van der Waals surface area contributed by atoms with Crippen molar-refractivity contribution in [1.29, 1.82) is 0 Å². The molecular formula is C16H14ClF3O. The first-order valence-corrected chi connectivity index (χ1v) is 6.72. The number of methoxy groups -OCH3 is 1. The van der Waals surface area contributed by atoms with Crippen LogP contribution in [0.25, 0.3) is 0 Å². The van der Waals surface area contributed by atoms with Crippen molar-refractivity contribution >= 4 is 11.6 Å². The van der Waals surface area contributed by atoms with Crippen molar-refractivity contribution in [2.24, 2.45) is 0 Å². The smallest absolute Gasteiger partial charge is 0.416 e. The number of alkyl halides is 4. The molecular weight excluding hydrogens is 301 g/mol. The van der Waals surface area contributed by atoms with Crippen molar-refractivity contribution in [3.63, 3.8) is 0 Å². The largest absolute Gasteiger partial charge is 0.496 e. The molecule has 0 radical (unpaired) electrons. The van der Waals surface area contributed by atoms with E-state index in [1.54, 1.807) is 25.3 Å². The van der Waals surface area contributed by atoms with Gasteiger partial charge in [-0.2, -0.15) is 13.2 Å². The molecule has 0 aliphatic carbocycles. The zero-order chi connectivity index (χ0) is 15.6. The minimum Gasteiger partial charge on any atom is -0.496 e. The van der Waals surface area contributed by atoms with E-state index < -0.39 is 17.1 Å². The molecule has 0 bridgehead atoms. The molecule has 5 heteroatoms. The maximum absolute atomic E-state index is 12.7. The average Bonchev–Trinajstić information content (AvgIpc) is 2.45. The zero-order valence-corrected chi connectivity index (χ0v) is 12.3. The van der Waals surface area contributed by atoms with Crippen LogP contribution >= 0.6 is 11.6 Å². The normalized spacial score (nSPS) is 13.0. The Morgan fingerprint density at radius 2 is 1.71 bits per heavy atom. The van der Waals surface area contributed by atoms with Gasteiger partial charge in [0.05, 0.1) is 18.1 Å². The van der Waals surface area contributed by atoms with Crippen LogP contribution in [-0.2, 0) is 6.18 Å². The minimum atomic E-state index is -4.37. The lowest BCUT2D eigenvalue weighted by molar-refractivity contribution is -0.137. The van der Waals surface area contributed by atoms with Crippen molar-refractivity contribution < 1.29 is 17.9 Å². The Balaban J connectivity index is 2.36. The maximum Gasteiger partial charge on any atom is 0.416 e.